The summed E-state index contributed by atoms with van der Waals surface area (Å²) in [7, 11) is 0. The van der Waals surface area contributed by atoms with Crippen LogP contribution in [-0.4, -0.2) is 49.2 Å². The van der Waals surface area contributed by atoms with Crippen molar-refractivity contribution in [3.05, 3.63) is 35.9 Å². The maximum Gasteiger partial charge on any atom is 0.338 e. The third kappa shape index (κ3) is 6.07. The van der Waals surface area contributed by atoms with Crippen LogP contribution >= 0.6 is 0 Å². The molecular weight excluding hydrogens is 366 g/mol. The molecule has 1 aliphatic carbocycles. The minimum atomic E-state index is -0.725. The molecule has 0 spiro atoms. The summed E-state index contributed by atoms with van der Waals surface area (Å²) < 4.78 is 15.9. The predicted molar refractivity (Wildman–Crippen MR) is 98.1 cm³/mol. The Bertz CT molecular complexity index is 719. The van der Waals surface area contributed by atoms with Crippen LogP contribution in [0.5, 0.6) is 0 Å². The van der Waals surface area contributed by atoms with E-state index < -0.39 is 30.1 Å². The van der Waals surface area contributed by atoms with E-state index in [1.54, 1.807) is 30.3 Å². The lowest BCUT2D eigenvalue weighted by atomic mass is 10.0. The molecule has 0 heterocycles. The van der Waals surface area contributed by atoms with Gasteiger partial charge in [-0.25, -0.2) is 4.79 Å². The number of ether oxygens (including phenoxy) is 3. The molecule has 28 heavy (non-hydrogen) atoms. The third-order valence-corrected chi connectivity index (χ3v) is 4.56. The number of rotatable bonds is 7. The third-order valence-electron chi connectivity index (χ3n) is 4.56. The van der Waals surface area contributed by atoms with Crippen molar-refractivity contribution in [2.75, 3.05) is 13.2 Å². The lowest BCUT2D eigenvalue weighted by molar-refractivity contribution is -0.143. The molecule has 1 saturated carbocycles. The fraction of sp³-hybridized carbons (Fsp3) is 0.500. The largest absolute Gasteiger partial charge is 0.465 e. The van der Waals surface area contributed by atoms with Gasteiger partial charge in [0, 0.05) is 32.6 Å². The molecule has 152 valence electrons. The first-order valence-corrected chi connectivity index (χ1v) is 9.07. The van der Waals surface area contributed by atoms with Gasteiger partial charge >= 0.3 is 17.9 Å². The molecule has 0 radical (unpaired) electrons. The highest BCUT2D eigenvalue weighted by molar-refractivity contribution is 5.89. The summed E-state index contributed by atoms with van der Waals surface area (Å²) in [6.07, 6.45) is -0.269. The van der Waals surface area contributed by atoms with E-state index in [1.807, 2.05) is 0 Å². The van der Waals surface area contributed by atoms with Gasteiger partial charge in [0.15, 0.2) is 0 Å². The molecule has 0 aromatic heterocycles. The predicted octanol–water partition coefficient (Wildman–Crippen LogP) is 1.48. The molecule has 0 saturated heterocycles. The number of carbonyl (C=O) groups is 4. The second-order valence-electron chi connectivity index (χ2n) is 6.82. The van der Waals surface area contributed by atoms with E-state index in [-0.39, 0.29) is 31.0 Å². The Morgan fingerprint density at radius 2 is 1.50 bits per heavy atom. The second-order valence-corrected chi connectivity index (χ2v) is 6.82. The number of esters is 3. The van der Waals surface area contributed by atoms with E-state index in [1.165, 1.54) is 20.8 Å². The van der Waals surface area contributed by atoms with E-state index in [0.717, 1.165) is 0 Å². The van der Waals surface area contributed by atoms with Crippen LogP contribution < -0.4 is 5.32 Å². The highest BCUT2D eigenvalue weighted by Crippen LogP contribution is 2.35. The molecule has 0 aliphatic heterocycles. The fourth-order valence-electron chi connectivity index (χ4n) is 3.38. The summed E-state index contributed by atoms with van der Waals surface area (Å²) in [6, 6.07) is 7.91. The van der Waals surface area contributed by atoms with Gasteiger partial charge in [-0.2, -0.15) is 0 Å². The molecule has 1 aromatic carbocycles. The van der Waals surface area contributed by atoms with Crippen molar-refractivity contribution < 1.29 is 33.4 Å². The minimum absolute atomic E-state index is 0.0364. The van der Waals surface area contributed by atoms with Crippen molar-refractivity contribution >= 4 is 23.8 Å². The van der Waals surface area contributed by atoms with Crippen LogP contribution in [0.15, 0.2) is 30.3 Å². The van der Waals surface area contributed by atoms with Crippen molar-refractivity contribution in [2.24, 2.45) is 11.8 Å². The van der Waals surface area contributed by atoms with Crippen molar-refractivity contribution in [3.8, 4) is 0 Å². The van der Waals surface area contributed by atoms with Crippen LogP contribution in [0, 0.1) is 11.8 Å². The smallest absolute Gasteiger partial charge is 0.338 e. The molecular formula is C20H25NO7. The summed E-state index contributed by atoms with van der Waals surface area (Å²) in [5.41, 5.74) is 0.374. The maximum absolute atomic E-state index is 12.6. The van der Waals surface area contributed by atoms with Gasteiger partial charge in [-0.05, 0) is 18.6 Å². The topological polar surface area (TPSA) is 108 Å². The van der Waals surface area contributed by atoms with Gasteiger partial charge in [0.1, 0.15) is 6.10 Å². The summed E-state index contributed by atoms with van der Waals surface area (Å²) in [5, 5.41) is 2.79. The molecule has 1 aromatic rings. The summed E-state index contributed by atoms with van der Waals surface area (Å²) in [6.45, 7) is 4.05. The van der Waals surface area contributed by atoms with Gasteiger partial charge in [0.05, 0.1) is 24.8 Å². The van der Waals surface area contributed by atoms with Gasteiger partial charge in [-0.1, -0.05) is 18.2 Å². The Labute approximate surface area is 163 Å². The van der Waals surface area contributed by atoms with E-state index in [4.69, 9.17) is 14.2 Å². The first-order chi connectivity index (χ1) is 13.3. The zero-order valence-corrected chi connectivity index (χ0v) is 16.2. The summed E-state index contributed by atoms with van der Waals surface area (Å²) in [4.78, 5) is 46.7. The minimum Gasteiger partial charge on any atom is -0.465 e. The standard InChI is InChI=1S/C20H25NO7/c1-12(22)21-18-16(10-26-13(2)23)9-17(11-27-14(3)24)19(18)28-20(25)15-7-5-4-6-8-15/h4-8,16-19H,9-11H2,1-3H3,(H,21,22)/t16-,17+,18+,19-/m1/s1. The molecule has 1 fully saturated rings. The van der Waals surface area contributed by atoms with Crippen LogP contribution in [0.4, 0.5) is 0 Å². The van der Waals surface area contributed by atoms with E-state index >= 15 is 0 Å². The Hall–Kier alpha value is -2.90. The van der Waals surface area contributed by atoms with E-state index in [9.17, 15) is 19.2 Å². The van der Waals surface area contributed by atoms with Gasteiger partial charge in [0.2, 0.25) is 5.91 Å². The maximum atomic E-state index is 12.6. The lowest BCUT2D eigenvalue weighted by Gasteiger charge is -2.27. The van der Waals surface area contributed by atoms with Gasteiger partial charge < -0.3 is 19.5 Å². The number of hydrogen-bond donors (Lipinski definition) is 1. The Morgan fingerprint density at radius 1 is 0.929 bits per heavy atom. The van der Waals surface area contributed by atoms with Crippen molar-refractivity contribution in [1.82, 2.24) is 5.32 Å². The molecule has 0 bridgehead atoms. The van der Waals surface area contributed by atoms with Crippen LogP contribution in [0.3, 0.4) is 0 Å². The molecule has 1 N–H and O–H groups in total. The number of hydrogen-bond acceptors (Lipinski definition) is 7. The fourth-order valence-corrected chi connectivity index (χ4v) is 3.38. The molecule has 1 amide bonds. The summed E-state index contributed by atoms with van der Waals surface area (Å²) >= 11 is 0. The highest BCUT2D eigenvalue weighted by Gasteiger charge is 2.47. The normalized spacial score (nSPS) is 23.5. The number of carbonyl (C=O) groups excluding carboxylic acids is 4. The molecule has 8 heteroatoms. The van der Waals surface area contributed by atoms with E-state index in [0.29, 0.717) is 12.0 Å². The Morgan fingerprint density at radius 3 is 2.04 bits per heavy atom. The Kier molecular flexibility index (Phi) is 7.54. The summed E-state index contributed by atoms with van der Waals surface area (Å²) in [5.74, 6) is -2.35. The number of benzene rings is 1. The van der Waals surface area contributed by atoms with Crippen LogP contribution in [-0.2, 0) is 28.6 Å². The molecule has 0 unspecified atom stereocenters. The quantitative estimate of drug-likeness (QED) is 0.554. The average molecular weight is 391 g/mol. The van der Waals surface area contributed by atoms with Crippen molar-refractivity contribution in [1.29, 1.82) is 0 Å². The lowest BCUT2D eigenvalue weighted by Crippen LogP contribution is -2.47. The second kappa shape index (κ2) is 9.87. The van der Waals surface area contributed by atoms with Crippen molar-refractivity contribution in [3.63, 3.8) is 0 Å². The molecule has 4 atom stereocenters. The first-order valence-electron chi connectivity index (χ1n) is 9.07. The molecule has 8 nitrogen and oxygen atoms in total. The zero-order chi connectivity index (χ0) is 20.7. The van der Waals surface area contributed by atoms with E-state index in [2.05, 4.69) is 5.32 Å². The SMILES string of the molecule is CC(=O)N[C@H]1[C@@H](COC(C)=O)C[C@@H](COC(C)=O)[C@H]1OC(=O)c1ccccc1. The van der Waals surface area contributed by atoms with Crippen LogP contribution in [0.1, 0.15) is 37.6 Å². The number of amides is 1. The van der Waals surface area contributed by atoms with Gasteiger partial charge in [0.25, 0.3) is 0 Å². The van der Waals surface area contributed by atoms with Crippen molar-refractivity contribution in [2.45, 2.75) is 39.3 Å². The monoisotopic (exact) mass is 391 g/mol. The van der Waals surface area contributed by atoms with Crippen LogP contribution in [0.25, 0.3) is 0 Å². The molecule has 1 aliphatic rings. The van der Waals surface area contributed by atoms with Gasteiger partial charge in [-0.15, -0.1) is 0 Å². The highest BCUT2D eigenvalue weighted by atomic mass is 16.6. The average Bonchev–Trinajstić information content (AvgIpc) is 2.95. The molecule has 2 rings (SSSR count). The van der Waals surface area contributed by atoms with Gasteiger partial charge in [-0.3, -0.25) is 14.4 Å². The number of nitrogens with one attached hydrogen (secondary N) is 1. The first kappa shape index (κ1) is 21.4. The Balaban J connectivity index is 2.22. The zero-order valence-electron chi connectivity index (χ0n) is 16.2. The van der Waals surface area contributed by atoms with Crippen LogP contribution in [0.2, 0.25) is 0 Å².